The summed E-state index contributed by atoms with van der Waals surface area (Å²) in [4.78, 5) is 17.2. The van der Waals surface area contributed by atoms with Crippen molar-refractivity contribution in [1.82, 2.24) is 9.55 Å². The molecular weight excluding hydrogens is 334 g/mol. The number of unbranched alkanes of at least 4 members (excludes halogenated alkanes) is 2. The monoisotopic (exact) mass is 363 g/mol. The molecule has 3 aromatic rings. The second-order valence-electron chi connectivity index (χ2n) is 7.14. The van der Waals surface area contributed by atoms with Crippen LogP contribution in [0.3, 0.4) is 0 Å². The van der Waals surface area contributed by atoms with Gasteiger partial charge in [-0.1, -0.05) is 51.0 Å². The number of rotatable bonds is 8. The number of benzene rings is 1. The summed E-state index contributed by atoms with van der Waals surface area (Å²) in [6, 6.07) is 12.2. The molecule has 3 rings (SSSR count). The molecule has 0 spiro atoms. The third-order valence-corrected chi connectivity index (χ3v) is 5.23. The lowest BCUT2D eigenvalue weighted by Crippen LogP contribution is -2.13. The van der Waals surface area contributed by atoms with E-state index in [0.717, 1.165) is 66.5 Å². The van der Waals surface area contributed by atoms with Gasteiger partial charge in [-0.25, -0.2) is 4.98 Å². The summed E-state index contributed by atoms with van der Waals surface area (Å²) in [6.45, 7) is 7.30. The van der Waals surface area contributed by atoms with Gasteiger partial charge in [-0.15, -0.1) is 0 Å². The van der Waals surface area contributed by atoms with Crippen LogP contribution in [0, 0.1) is 6.92 Å². The molecule has 0 unspecified atom stereocenters. The van der Waals surface area contributed by atoms with Gasteiger partial charge in [-0.3, -0.25) is 4.79 Å². The van der Waals surface area contributed by atoms with Crippen molar-refractivity contribution in [3.05, 3.63) is 53.3 Å². The van der Waals surface area contributed by atoms with E-state index in [1.165, 1.54) is 5.69 Å². The zero-order valence-corrected chi connectivity index (χ0v) is 16.6. The minimum Gasteiger partial charge on any atom is -0.366 e. The van der Waals surface area contributed by atoms with E-state index >= 15 is 0 Å². The van der Waals surface area contributed by atoms with E-state index in [4.69, 9.17) is 10.7 Å². The second kappa shape index (κ2) is 8.38. The summed E-state index contributed by atoms with van der Waals surface area (Å²) in [5.74, 6) is -0.370. The van der Waals surface area contributed by atoms with E-state index in [1.54, 1.807) is 0 Å². The third kappa shape index (κ3) is 3.75. The van der Waals surface area contributed by atoms with E-state index in [0.29, 0.717) is 5.56 Å². The van der Waals surface area contributed by atoms with Gasteiger partial charge in [0, 0.05) is 28.9 Å². The first-order chi connectivity index (χ1) is 13.1. The Morgan fingerprint density at radius 3 is 2.52 bits per heavy atom. The topological polar surface area (TPSA) is 60.9 Å². The Morgan fingerprint density at radius 2 is 1.81 bits per heavy atom. The van der Waals surface area contributed by atoms with Crippen LogP contribution in [0.1, 0.15) is 61.3 Å². The quantitative estimate of drug-likeness (QED) is 0.594. The molecular formula is C23H29N3O. The lowest BCUT2D eigenvalue weighted by molar-refractivity contribution is 0.1000. The summed E-state index contributed by atoms with van der Waals surface area (Å²) in [6.07, 6.45) is 5.30. The highest BCUT2D eigenvalue weighted by Crippen LogP contribution is 2.34. The zero-order valence-electron chi connectivity index (χ0n) is 16.6. The van der Waals surface area contributed by atoms with Crippen molar-refractivity contribution in [2.24, 2.45) is 5.73 Å². The number of primary amides is 1. The van der Waals surface area contributed by atoms with E-state index < -0.39 is 0 Å². The molecule has 0 aliphatic carbocycles. The van der Waals surface area contributed by atoms with Crippen LogP contribution in [-0.4, -0.2) is 15.5 Å². The number of carbonyl (C=O) groups excluding carboxylic acids is 1. The van der Waals surface area contributed by atoms with E-state index in [2.05, 4.69) is 30.5 Å². The molecule has 0 saturated carbocycles. The maximum Gasteiger partial charge on any atom is 0.251 e. The Kier molecular flexibility index (Phi) is 5.94. The summed E-state index contributed by atoms with van der Waals surface area (Å²) in [5, 5.41) is 1.10. The van der Waals surface area contributed by atoms with Crippen molar-refractivity contribution in [3.63, 3.8) is 0 Å². The summed E-state index contributed by atoms with van der Waals surface area (Å²) in [7, 11) is 0. The molecule has 0 saturated heterocycles. The predicted molar refractivity (Wildman–Crippen MR) is 112 cm³/mol. The average Bonchev–Trinajstić information content (AvgIpc) is 2.95. The number of pyridine rings is 1. The van der Waals surface area contributed by atoms with Gasteiger partial charge in [0.05, 0.1) is 16.8 Å². The fourth-order valence-electron chi connectivity index (χ4n) is 3.80. The summed E-state index contributed by atoms with van der Waals surface area (Å²) >= 11 is 0. The number of aromatic nitrogens is 2. The Labute approximate surface area is 161 Å². The number of hydrogen-bond acceptors (Lipinski definition) is 2. The Hall–Kier alpha value is -2.62. The van der Waals surface area contributed by atoms with Gasteiger partial charge in [-0.2, -0.15) is 0 Å². The van der Waals surface area contributed by atoms with Gasteiger partial charge in [0.2, 0.25) is 0 Å². The SMILES string of the molecule is CCCCc1c(-c2ccc3ccccc3n2)c(C(N)=O)c(C)n1CCCC. The number of nitrogens with zero attached hydrogens (tertiary/aromatic N) is 2. The fourth-order valence-corrected chi connectivity index (χ4v) is 3.80. The molecule has 0 aliphatic heterocycles. The number of fused-ring (bicyclic) bond motifs is 1. The first-order valence-corrected chi connectivity index (χ1v) is 9.96. The minimum atomic E-state index is -0.370. The maximum absolute atomic E-state index is 12.4. The van der Waals surface area contributed by atoms with Crippen LogP contribution in [0.15, 0.2) is 36.4 Å². The van der Waals surface area contributed by atoms with Crippen molar-refractivity contribution in [3.8, 4) is 11.3 Å². The Bertz CT molecular complexity index is 956. The van der Waals surface area contributed by atoms with Gasteiger partial charge in [0.1, 0.15) is 0 Å². The number of amides is 1. The first-order valence-electron chi connectivity index (χ1n) is 9.96. The fraction of sp³-hybridized carbons (Fsp3) is 0.391. The summed E-state index contributed by atoms with van der Waals surface area (Å²) < 4.78 is 2.30. The Morgan fingerprint density at radius 1 is 1.07 bits per heavy atom. The highest BCUT2D eigenvalue weighted by molar-refractivity contribution is 6.02. The van der Waals surface area contributed by atoms with Gasteiger partial charge >= 0.3 is 0 Å². The molecule has 0 radical (unpaired) electrons. The van der Waals surface area contributed by atoms with Gasteiger partial charge < -0.3 is 10.3 Å². The molecule has 0 atom stereocenters. The van der Waals surface area contributed by atoms with Gasteiger partial charge in [-0.05, 0) is 38.3 Å². The largest absolute Gasteiger partial charge is 0.366 e. The second-order valence-corrected chi connectivity index (χ2v) is 7.14. The van der Waals surface area contributed by atoms with Crippen molar-refractivity contribution >= 4 is 16.8 Å². The number of hydrogen-bond donors (Lipinski definition) is 1. The van der Waals surface area contributed by atoms with Crippen LogP contribution in [0.2, 0.25) is 0 Å². The summed E-state index contributed by atoms with van der Waals surface area (Å²) in [5.41, 5.74) is 11.3. The van der Waals surface area contributed by atoms with Crippen molar-refractivity contribution in [1.29, 1.82) is 0 Å². The van der Waals surface area contributed by atoms with Crippen molar-refractivity contribution in [2.75, 3.05) is 0 Å². The molecule has 2 heterocycles. The standard InChI is InChI=1S/C23H29N3O/c1-4-6-12-20-22(19-14-13-17-10-8-9-11-18(17)25-19)21(23(24)27)16(3)26(20)15-7-5-2/h8-11,13-14H,4-7,12,15H2,1-3H3,(H2,24,27). The average molecular weight is 364 g/mol. The molecule has 1 amide bonds. The molecule has 0 fully saturated rings. The highest BCUT2D eigenvalue weighted by Gasteiger charge is 2.25. The lowest BCUT2D eigenvalue weighted by Gasteiger charge is -2.12. The molecule has 2 aromatic heterocycles. The van der Waals surface area contributed by atoms with Crippen molar-refractivity contribution in [2.45, 2.75) is 59.4 Å². The molecule has 2 N–H and O–H groups in total. The molecule has 1 aromatic carbocycles. The van der Waals surface area contributed by atoms with Gasteiger partial charge in [0.15, 0.2) is 0 Å². The molecule has 4 nitrogen and oxygen atoms in total. The maximum atomic E-state index is 12.4. The highest BCUT2D eigenvalue weighted by atomic mass is 16.1. The number of carbonyl (C=O) groups is 1. The first kappa shape index (κ1) is 19.2. The lowest BCUT2D eigenvalue weighted by atomic mass is 10.0. The van der Waals surface area contributed by atoms with Crippen LogP contribution < -0.4 is 5.73 Å². The minimum absolute atomic E-state index is 0.370. The molecule has 27 heavy (non-hydrogen) atoms. The number of nitrogens with two attached hydrogens (primary N) is 1. The number of para-hydroxylation sites is 1. The smallest absolute Gasteiger partial charge is 0.251 e. The van der Waals surface area contributed by atoms with Crippen LogP contribution in [-0.2, 0) is 13.0 Å². The van der Waals surface area contributed by atoms with Crippen LogP contribution in [0.25, 0.3) is 22.2 Å². The van der Waals surface area contributed by atoms with E-state index in [-0.39, 0.29) is 5.91 Å². The van der Waals surface area contributed by atoms with Crippen molar-refractivity contribution < 1.29 is 4.79 Å². The molecule has 4 heteroatoms. The van der Waals surface area contributed by atoms with Crippen LogP contribution in [0.5, 0.6) is 0 Å². The molecule has 142 valence electrons. The van der Waals surface area contributed by atoms with Crippen LogP contribution >= 0.6 is 0 Å². The Balaban J connectivity index is 2.24. The predicted octanol–water partition coefficient (Wildman–Crippen LogP) is 5.25. The normalized spacial score (nSPS) is 11.2. The molecule has 0 aliphatic rings. The van der Waals surface area contributed by atoms with E-state index in [9.17, 15) is 4.79 Å². The van der Waals surface area contributed by atoms with Gasteiger partial charge in [0.25, 0.3) is 5.91 Å². The van der Waals surface area contributed by atoms with E-state index in [1.807, 2.05) is 31.2 Å². The third-order valence-electron chi connectivity index (χ3n) is 5.23. The molecule has 0 bridgehead atoms. The van der Waals surface area contributed by atoms with Crippen LogP contribution in [0.4, 0.5) is 0 Å². The zero-order chi connectivity index (χ0) is 19.4.